The molecule has 134 valence electrons. The summed E-state index contributed by atoms with van der Waals surface area (Å²) in [5, 5.41) is 7.50. The lowest BCUT2D eigenvalue weighted by Gasteiger charge is -2.07. The highest BCUT2D eigenvalue weighted by molar-refractivity contribution is 6.30. The zero-order valence-corrected chi connectivity index (χ0v) is 14.2. The number of amides is 1. The fourth-order valence-electron chi connectivity index (χ4n) is 2.31. The van der Waals surface area contributed by atoms with Crippen molar-refractivity contribution in [2.45, 2.75) is 13.2 Å². The van der Waals surface area contributed by atoms with Crippen molar-refractivity contribution >= 4 is 23.2 Å². The third-order valence-corrected chi connectivity index (χ3v) is 3.72. The van der Waals surface area contributed by atoms with Crippen LogP contribution in [0.15, 0.2) is 60.9 Å². The van der Waals surface area contributed by atoms with Crippen molar-refractivity contribution in [3.63, 3.8) is 0 Å². The van der Waals surface area contributed by atoms with Crippen molar-refractivity contribution in [1.29, 1.82) is 0 Å². The molecular formula is C18H14ClF2N3O2. The van der Waals surface area contributed by atoms with Gasteiger partial charge in [-0.1, -0.05) is 29.8 Å². The van der Waals surface area contributed by atoms with Crippen LogP contribution in [0.2, 0.25) is 5.02 Å². The second kappa shape index (κ2) is 7.97. The van der Waals surface area contributed by atoms with E-state index in [4.69, 9.17) is 11.6 Å². The molecule has 2 aromatic carbocycles. The van der Waals surface area contributed by atoms with Gasteiger partial charge in [-0.05, 0) is 35.9 Å². The SMILES string of the molecule is O=C(Nc1cnn(Cc2ccc(Cl)cc2)c1)c1cccc(OC(F)F)c1. The molecule has 0 unspecified atom stereocenters. The van der Waals surface area contributed by atoms with Gasteiger partial charge in [-0.25, -0.2) is 0 Å². The molecule has 0 saturated heterocycles. The summed E-state index contributed by atoms with van der Waals surface area (Å²) in [5.41, 5.74) is 1.70. The maximum absolute atomic E-state index is 12.3. The van der Waals surface area contributed by atoms with E-state index in [1.807, 2.05) is 12.1 Å². The summed E-state index contributed by atoms with van der Waals surface area (Å²) in [6.45, 7) is -2.43. The molecule has 0 atom stereocenters. The second-order valence-corrected chi connectivity index (χ2v) is 5.85. The summed E-state index contributed by atoms with van der Waals surface area (Å²) in [7, 11) is 0. The lowest BCUT2D eigenvalue weighted by molar-refractivity contribution is -0.0498. The molecule has 3 rings (SSSR count). The standard InChI is InChI=1S/C18H14ClF2N3O2/c19-14-6-4-12(5-7-14)10-24-11-15(9-22-24)23-17(25)13-2-1-3-16(8-13)26-18(20)21/h1-9,11,18H,10H2,(H,23,25). The van der Waals surface area contributed by atoms with Gasteiger partial charge >= 0.3 is 6.61 Å². The summed E-state index contributed by atoms with van der Waals surface area (Å²) in [6, 6.07) is 12.9. The Hall–Kier alpha value is -2.93. The molecule has 26 heavy (non-hydrogen) atoms. The molecule has 0 spiro atoms. The average molecular weight is 378 g/mol. The third-order valence-electron chi connectivity index (χ3n) is 3.47. The largest absolute Gasteiger partial charge is 0.435 e. The van der Waals surface area contributed by atoms with E-state index in [-0.39, 0.29) is 11.3 Å². The highest BCUT2D eigenvalue weighted by atomic mass is 35.5. The highest BCUT2D eigenvalue weighted by Crippen LogP contribution is 2.17. The normalized spacial score (nSPS) is 10.8. The van der Waals surface area contributed by atoms with Gasteiger partial charge in [0.25, 0.3) is 5.91 Å². The van der Waals surface area contributed by atoms with Crippen molar-refractivity contribution in [3.8, 4) is 5.75 Å². The number of rotatable bonds is 6. The Balaban J connectivity index is 1.65. The van der Waals surface area contributed by atoms with Gasteiger partial charge < -0.3 is 10.1 Å². The van der Waals surface area contributed by atoms with Gasteiger partial charge in [-0.3, -0.25) is 9.48 Å². The molecule has 5 nitrogen and oxygen atoms in total. The van der Waals surface area contributed by atoms with E-state index in [1.165, 1.54) is 30.5 Å². The fourth-order valence-corrected chi connectivity index (χ4v) is 2.43. The lowest BCUT2D eigenvalue weighted by atomic mass is 10.2. The van der Waals surface area contributed by atoms with Gasteiger partial charge in [-0.15, -0.1) is 0 Å². The maximum atomic E-state index is 12.3. The fraction of sp³-hybridized carbons (Fsp3) is 0.111. The minimum Gasteiger partial charge on any atom is -0.435 e. The number of carbonyl (C=O) groups excluding carboxylic acids is 1. The van der Waals surface area contributed by atoms with E-state index >= 15 is 0 Å². The summed E-state index contributed by atoms with van der Waals surface area (Å²) in [5.74, 6) is -0.526. The van der Waals surface area contributed by atoms with Crippen LogP contribution in [0.1, 0.15) is 15.9 Å². The van der Waals surface area contributed by atoms with Gasteiger partial charge in [0.05, 0.1) is 18.4 Å². The molecule has 0 bridgehead atoms. The summed E-state index contributed by atoms with van der Waals surface area (Å²) in [4.78, 5) is 12.3. The molecule has 1 heterocycles. The Kier molecular flexibility index (Phi) is 5.48. The van der Waals surface area contributed by atoms with Crippen LogP contribution in [0, 0.1) is 0 Å². The van der Waals surface area contributed by atoms with Crippen LogP contribution in [0.5, 0.6) is 5.75 Å². The molecule has 0 fully saturated rings. The Morgan fingerprint density at radius 1 is 1.23 bits per heavy atom. The van der Waals surface area contributed by atoms with Crippen molar-refractivity contribution in [2.24, 2.45) is 0 Å². The smallest absolute Gasteiger partial charge is 0.387 e. The number of benzene rings is 2. The van der Waals surface area contributed by atoms with Crippen LogP contribution in [-0.2, 0) is 6.54 Å². The second-order valence-electron chi connectivity index (χ2n) is 5.41. The number of hydrogen-bond acceptors (Lipinski definition) is 3. The molecule has 0 aliphatic heterocycles. The number of hydrogen-bond donors (Lipinski definition) is 1. The number of aromatic nitrogens is 2. The van der Waals surface area contributed by atoms with Gasteiger partial charge in [-0.2, -0.15) is 13.9 Å². The van der Waals surface area contributed by atoms with Crippen LogP contribution in [0.4, 0.5) is 14.5 Å². The number of alkyl halides is 2. The number of nitrogens with zero attached hydrogens (tertiary/aromatic N) is 2. The Bertz CT molecular complexity index is 897. The zero-order chi connectivity index (χ0) is 18.5. The van der Waals surface area contributed by atoms with E-state index in [1.54, 1.807) is 23.0 Å². The van der Waals surface area contributed by atoms with E-state index in [9.17, 15) is 13.6 Å². The molecule has 1 aromatic heterocycles. The van der Waals surface area contributed by atoms with E-state index in [0.29, 0.717) is 17.3 Å². The van der Waals surface area contributed by atoms with Crippen molar-refractivity contribution in [3.05, 3.63) is 77.1 Å². The van der Waals surface area contributed by atoms with E-state index in [0.717, 1.165) is 5.56 Å². The monoisotopic (exact) mass is 377 g/mol. The maximum Gasteiger partial charge on any atom is 0.387 e. The minimum absolute atomic E-state index is 0.0777. The topological polar surface area (TPSA) is 56.2 Å². The van der Waals surface area contributed by atoms with E-state index in [2.05, 4.69) is 15.2 Å². The molecule has 0 aliphatic carbocycles. The molecular weight excluding hydrogens is 364 g/mol. The van der Waals surface area contributed by atoms with Gasteiger partial charge in [0.15, 0.2) is 0 Å². The molecule has 0 saturated carbocycles. The van der Waals surface area contributed by atoms with Crippen LogP contribution in [0.3, 0.4) is 0 Å². The predicted molar refractivity (Wildman–Crippen MR) is 93.8 cm³/mol. The number of halogens is 3. The molecule has 0 aliphatic rings. The first-order valence-electron chi connectivity index (χ1n) is 7.63. The van der Waals surface area contributed by atoms with Gasteiger partial charge in [0.1, 0.15) is 5.75 Å². The van der Waals surface area contributed by atoms with Crippen LogP contribution < -0.4 is 10.1 Å². The first-order chi connectivity index (χ1) is 12.5. The summed E-state index contributed by atoms with van der Waals surface area (Å²) < 4.78 is 30.5. The molecule has 1 N–H and O–H groups in total. The lowest BCUT2D eigenvalue weighted by Crippen LogP contribution is -2.12. The van der Waals surface area contributed by atoms with Crippen molar-refractivity contribution < 1.29 is 18.3 Å². The average Bonchev–Trinajstić information content (AvgIpc) is 3.03. The molecule has 8 heteroatoms. The molecule has 0 radical (unpaired) electrons. The van der Waals surface area contributed by atoms with Gasteiger partial charge in [0.2, 0.25) is 0 Å². The van der Waals surface area contributed by atoms with Crippen LogP contribution >= 0.6 is 11.6 Å². The number of nitrogens with one attached hydrogen (secondary N) is 1. The first-order valence-corrected chi connectivity index (χ1v) is 8.00. The van der Waals surface area contributed by atoms with Crippen LogP contribution in [0.25, 0.3) is 0 Å². The number of anilines is 1. The quantitative estimate of drug-likeness (QED) is 0.691. The predicted octanol–water partition coefficient (Wildman–Crippen LogP) is 4.44. The van der Waals surface area contributed by atoms with Gasteiger partial charge in [0, 0.05) is 16.8 Å². The first kappa shape index (κ1) is 17.9. The molecule has 1 amide bonds. The summed E-state index contributed by atoms with van der Waals surface area (Å²) in [6.07, 6.45) is 3.18. The highest BCUT2D eigenvalue weighted by Gasteiger charge is 2.11. The number of carbonyl (C=O) groups is 1. The van der Waals surface area contributed by atoms with Crippen LogP contribution in [-0.4, -0.2) is 22.3 Å². The number of ether oxygens (including phenoxy) is 1. The van der Waals surface area contributed by atoms with Crippen molar-refractivity contribution in [2.75, 3.05) is 5.32 Å². The third kappa shape index (κ3) is 4.80. The van der Waals surface area contributed by atoms with E-state index < -0.39 is 12.5 Å². The minimum atomic E-state index is -2.94. The Labute approximate surface area is 153 Å². The molecule has 3 aromatic rings. The summed E-state index contributed by atoms with van der Waals surface area (Å²) >= 11 is 5.85. The van der Waals surface area contributed by atoms with Crippen molar-refractivity contribution in [1.82, 2.24) is 9.78 Å². The zero-order valence-electron chi connectivity index (χ0n) is 13.4. The Morgan fingerprint density at radius 2 is 2.00 bits per heavy atom. The Morgan fingerprint density at radius 3 is 2.73 bits per heavy atom.